The Morgan fingerprint density at radius 1 is 1.20 bits per heavy atom. The quantitative estimate of drug-likeness (QED) is 0.791. The van der Waals surface area contributed by atoms with Crippen molar-refractivity contribution in [3.63, 3.8) is 0 Å². The van der Waals surface area contributed by atoms with Gasteiger partial charge in [-0.3, -0.25) is 9.69 Å². The summed E-state index contributed by atoms with van der Waals surface area (Å²) in [6, 6.07) is 0. The molecule has 7 heteroatoms. The van der Waals surface area contributed by atoms with Crippen molar-refractivity contribution in [2.45, 2.75) is 45.5 Å². The normalized spacial score (nSPS) is 20.8. The number of nitrogens with zero attached hydrogens (tertiary/aromatic N) is 1. The summed E-state index contributed by atoms with van der Waals surface area (Å²) in [4.78, 5) is 13.4. The number of piperidine rings is 1. The fourth-order valence-corrected chi connectivity index (χ4v) is 2.68. The molecule has 0 aromatic carbocycles. The summed E-state index contributed by atoms with van der Waals surface area (Å²) in [5.41, 5.74) is -1.79. The molecule has 0 atom stereocenters. The van der Waals surface area contributed by atoms with E-state index in [0.29, 0.717) is 0 Å². The smallest absolute Gasteiger partial charge is 0.259 e. The van der Waals surface area contributed by atoms with E-state index < -0.39 is 29.7 Å². The van der Waals surface area contributed by atoms with Crippen LogP contribution in [0.15, 0.2) is 0 Å². The molecule has 0 unspecified atom stereocenters. The van der Waals surface area contributed by atoms with Crippen molar-refractivity contribution in [2.75, 3.05) is 26.2 Å². The minimum Gasteiger partial charge on any atom is -0.356 e. The molecule has 1 heterocycles. The van der Waals surface area contributed by atoms with Gasteiger partial charge in [0, 0.05) is 20.4 Å². The van der Waals surface area contributed by atoms with Gasteiger partial charge in [-0.05, 0) is 32.9 Å². The van der Waals surface area contributed by atoms with Gasteiger partial charge in [0.1, 0.15) is 5.41 Å². The second-order valence-corrected chi connectivity index (χ2v) is 5.68. The van der Waals surface area contributed by atoms with Crippen molar-refractivity contribution in [3.05, 3.63) is 0 Å². The monoisotopic (exact) mass is 298 g/mol. The van der Waals surface area contributed by atoms with E-state index in [9.17, 15) is 22.4 Å². The lowest BCUT2D eigenvalue weighted by Crippen LogP contribution is -2.57. The fraction of sp³-hybridized carbons (Fsp3) is 0.923. The summed E-state index contributed by atoms with van der Waals surface area (Å²) >= 11 is 0. The summed E-state index contributed by atoms with van der Waals surface area (Å²) in [5.74, 6) is -6.72. The molecule has 0 aromatic rings. The Morgan fingerprint density at radius 2 is 1.70 bits per heavy atom. The summed E-state index contributed by atoms with van der Waals surface area (Å²) in [5, 5.41) is 2.44. The Hall–Kier alpha value is -0.850. The highest BCUT2D eigenvalue weighted by Gasteiger charge is 2.56. The zero-order chi connectivity index (χ0) is 15.6. The number of rotatable bonds is 5. The molecule has 1 amide bonds. The highest BCUT2D eigenvalue weighted by molar-refractivity contribution is 5.83. The molecule has 1 fully saturated rings. The van der Waals surface area contributed by atoms with Crippen molar-refractivity contribution >= 4 is 5.91 Å². The molecule has 1 saturated heterocycles. The van der Waals surface area contributed by atoms with Crippen LogP contribution in [0.3, 0.4) is 0 Å². The largest absolute Gasteiger partial charge is 0.356 e. The first-order valence-corrected chi connectivity index (χ1v) is 6.78. The number of alkyl halides is 4. The molecule has 0 aliphatic carbocycles. The number of hydrogen-bond donors (Lipinski definition) is 1. The first-order valence-electron chi connectivity index (χ1n) is 6.78. The summed E-state index contributed by atoms with van der Waals surface area (Å²) < 4.78 is 53.6. The zero-order valence-corrected chi connectivity index (χ0v) is 12.1. The van der Waals surface area contributed by atoms with Crippen LogP contribution in [0.4, 0.5) is 17.6 Å². The molecule has 1 rings (SSSR count). The Balaban J connectivity index is 2.80. The van der Waals surface area contributed by atoms with Crippen LogP contribution in [0.25, 0.3) is 0 Å². The molecular formula is C13H22F4N2O. The molecule has 0 bridgehead atoms. The maximum absolute atomic E-state index is 13.9. The predicted molar refractivity (Wildman–Crippen MR) is 68.0 cm³/mol. The third kappa shape index (κ3) is 3.84. The van der Waals surface area contributed by atoms with Crippen LogP contribution in [0, 0.1) is 5.41 Å². The van der Waals surface area contributed by atoms with Gasteiger partial charge in [-0.1, -0.05) is 0 Å². The van der Waals surface area contributed by atoms with E-state index in [1.807, 2.05) is 0 Å². The minimum absolute atomic E-state index is 0.0734. The van der Waals surface area contributed by atoms with Crippen LogP contribution in [0.1, 0.15) is 33.6 Å². The fourth-order valence-electron chi connectivity index (χ4n) is 2.68. The van der Waals surface area contributed by atoms with Crippen LogP contribution in [-0.4, -0.2) is 48.8 Å². The summed E-state index contributed by atoms with van der Waals surface area (Å²) in [7, 11) is 0. The minimum atomic E-state index is -3.17. The number of hydrogen-bond acceptors (Lipinski definition) is 2. The van der Waals surface area contributed by atoms with E-state index in [1.165, 1.54) is 4.90 Å². The standard InChI is InChI=1S/C13H22F4N2O/c1-4-18-10(20)13(12(3,16)17)5-7-19(8-6-13)9-11(2,14)15/h4-9H2,1-3H3,(H,18,20). The Kier molecular flexibility index (Phi) is 5.05. The van der Waals surface area contributed by atoms with Crippen LogP contribution < -0.4 is 5.32 Å². The molecule has 0 spiro atoms. The lowest BCUT2D eigenvalue weighted by molar-refractivity contribution is -0.168. The van der Waals surface area contributed by atoms with Gasteiger partial charge in [-0.2, -0.15) is 0 Å². The molecular weight excluding hydrogens is 276 g/mol. The molecule has 0 aromatic heterocycles. The third-order valence-electron chi connectivity index (χ3n) is 3.82. The van der Waals surface area contributed by atoms with Gasteiger partial charge >= 0.3 is 0 Å². The molecule has 1 aliphatic heterocycles. The van der Waals surface area contributed by atoms with Crippen molar-refractivity contribution in [2.24, 2.45) is 5.41 Å². The van der Waals surface area contributed by atoms with Gasteiger partial charge in [0.25, 0.3) is 11.8 Å². The molecule has 0 saturated carbocycles. The summed E-state index contributed by atoms with van der Waals surface area (Å²) in [6.45, 7) is 3.14. The topological polar surface area (TPSA) is 32.3 Å². The zero-order valence-electron chi connectivity index (χ0n) is 12.1. The summed E-state index contributed by atoms with van der Waals surface area (Å²) in [6.07, 6.45) is -0.225. The number of halogens is 4. The Labute approximate surface area is 116 Å². The predicted octanol–water partition coefficient (Wildman–Crippen LogP) is 2.52. The molecule has 1 aliphatic rings. The lowest BCUT2D eigenvalue weighted by atomic mass is 9.72. The number of amides is 1. The SMILES string of the molecule is CCNC(=O)C1(C(C)(F)F)CCN(CC(C)(F)F)CC1. The Morgan fingerprint density at radius 3 is 2.05 bits per heavy atom. The van der Waals surface area contributed by atoms with Gasteiger partial charge in [-0.25, -0.2) is 17.6 Å². The van der Waals surface area contributed by atoms with Gasteiger partial charge in [0.05, 0.1) is 6.54 Å². The van der Waals surface area contributed by atoms with E-state index >= 15 is 0 Å². The van der Waals surface area contributed by atoms with E-state index in [1.54, 1.807) is 6.92 Å². The third-order valence-corrected chi connectivity index (χ3v) is 3.82. The van der Waals surface area contributed by atoms with Gasteiger partial charge in [-0.15, -0.1) is 0 Å². The van der Waals surface area contributed by atoms with Gasteiger partial charge in [0.2, 0.25) is 5.91 Å². The van der Waals surface area contributed by atoms with E-state index in [4.69, 9.17) is 0 Å². The highest BCUT2D eigenvalue weighted by atomic mass is 19.3. The maximum Gasteiger partial charge on any atom is 0.259 e. The number of nitrogens with one attached hydrogen (secondary N) is 1. The first-order chi connectivity index (χ1) is 9.02. The van der Waals surface area contributed by atoms with E-state index in [2.05, 4.69) is 5.32 Å². The van der Waals surface area contributed by atoms with E-state index in [-0.39, 0.29) is 32.5 Å². The van der Waals surface area contributed by atoms with Crippen LogP contribution in [0.5, 0.6) is 0 Å². The van der Waals surface area contributed by atoms with Gasteiger partial charge < -0.3 is 5.32 Å². The molecule has 1 N–H and O–H groups in total. The average Bonchev–Trinajstić information content (AvgIpc) is 2.26. The second kappa shape index (κ2) is 5.87. The second-order valence-electron chi connectivity index (χ2n) is 5.68. The van der Waals surface area contributed by atoms with E-state index in [0.717, 1.165) is 13.8 Å². The lowest BCUT2D eigenvalue weighted by Gasteiger charge is -2.44. The number of carbonyl (C=O) groups is 1. The number of likely N-dealkylation sites (tertiary alicyclic amines) is 1. The molecule has 3 nitrogen and oxygen atoms in total. The van der Waals surface area contributed by atoms with Crippen molar-refractivity contribution in [1.82, 2.24) is 10.2 Å². The van der Waals surface area contributed by atoms with Crippen molar-refractivity contribution in [3.8, 4) is 0 Å². The Bertz CT molecular complexity index is 341. The maximum atomic E-state index is 13.9. The molecule has 0 radical (unpaired) electrons. The number of carbonyl (C=O) groups excluding carboxylic acids is 1. The average molecular weight is 298 g/mol. The van der Waals surface area contributed by atoms with Crippen LogP contribution >= 0.6 is 0 Å². The van der Waals surface area contributed by atoms with Crippen LogP contribution in [0.2, 0.25) is 0 Å². The van der Waals surface area contributed by atoms with Crippen molar-refractivity contribution in [1.29, 1.82) is 0 Å². The molecule has 118 valence electrons. The van der Waals surface area contributed by atoms with Crippen LogP contribution in [-0.2, 0) is 4.79 Å². The highest BCUT2D eigenvalue weighted by Crippen LogP contribution is 2.45. The molecule has 20 heavy (non-hydrogen) atoms. The van der Waals surface area contributed by atoms with Gasteiger partial charge in [0.15, 0.2) is 0 Å². The van der Waals surface area contributed by atoms with Crippen molar-refractivity contribution < 1.29 is 22.4 Å². The first kappa shape index (κ1) is 17.2.